The summed E-state index contributed by atoms with van der Waals surface area (Å²) in [6.45, 7) is 9.02. The Balaban J connectivity index is 1.49. The molecular weight excluding hydrogens is 456 g/mol. The summed E-state index contributed by atoms with van der Waals surface area (Å²) in [5.41, 5.74) is 3.54. The number of benzene rings is 1. The van der Waals surface area contributed by atoms with Crippen LogP contribution in [0, 0.1) is 13.8 Å². The fourth-order valence-corrected chi connectivity index (χ4v) is 7.37. The maximum absolute atomic E-state index is 13.6. The van der Waals surface area contributed by atoms with Crippen LogP contribution in [0.2, 0.25) is 0 Å². The lowest BCUT2D eigenvalue weighted by Crippen LogP contribution is -2.30. The Kier molecular flexibility index (Phi) is 5.54. The maximum atomic E-state index is 13.6. The average molecular weight is 485 g/mol. The number of carbonyl (C=O) groups is 1. The van der Waals surface area contributed by atoms with Crippen molar-refractivity contribution in [2.24, 2.45) is 0 Å². The Labute approximate surface area is 198 Å². The van der Waals surface area contributed by atoms with Gasteiger partial charge in [0.15, 0.2) is 0 Å². The molecule has 5 rings (SSSR count). The minimum absolute atomic E-state index is 0.0547. The van der Waals surface area contributed by atoms with Gasteiger partial charge >= 0.3 is 0 Å². The highest BCUT2D eigenvalue weighted by Gasteiger charge is 2.32. The van der Waals surface area contributed by atoms with Gasteiger partial charge in [-0.05, 0) is 62.4 Å². The summed E-state index contributed by atoms with van der Waals surface area (Å²) in [6.07, 6.45) is 2.91. The van der Waals surface area contributed by atoms with Crippen molar-refractivity contribution in [1.82, 2.24) is 14.3 Å². The van der Waals surface area contributed by atoms with E-state index in [-0.39, 0.29) is 10.8 Å². The quantitative estimate of drug-likeness (QED) is 0.517. The monoisotopic (exact) mass is 484 g/mol. The van der Waals surface area contributed by atoms with Gasteiger partial charge < -0.3 is 4.90 Å². The Morgan fingerprint density at radius 2 is 1.91 bits per heavy atom. The first-order chi connectivity index (χ1) is 15.8. The van der Waals surface area contributed by atoms with Crippen molar-refractivity contribution in [3.05, 3.63) is 45.7 Å². The van der Waals surface area contributed by atoms with Gasteiger partial charge in [0.25, 0.3) is 5.91 Å². The van der Waals surface area contributed by atoms with Crippen molar-refractivity contribution in [2.45, 2.75) is 57.8 Å². The van der Waals surface area contributed by atoms with Crippen molar-refractivity contribution in [2.75, 3.05) is 24.5 Å². The first-order valence-electron chi connectivity index (χ1n) is 11.5. The molecule has 174 valence electrons. The van der Waals surface area contributed by atoms with Crippen LogP contribution >= 0.6 is 11.3 Å². The highest BCUT2D eigenvalue weighted by atomic mass is 32.2. The molecule has 1 fully saturated rings. The predicted molar refractivity (Wildman–Crippen MR) is 131 cm³/mol. The number of hydrogen-bond acceptors (Lipinski definition) is 6. The average Bonchev–Trinajstić information content (AvgIpc) is 3.47. The lowest BCUT2D eigenvalue weighted by atomic mass is 10.1. The summed E-state index contributed by atoms with van der Waals surface area (Å²) in [5.74, 6) is 1.30. The first kappa shape index (κ1) is 22.4. The van der Waals surface area contributed by atoms with Gasteiger partial charge in [-0.3, -0.25) is 4.79 Å². The molecule has 0 unspecified atom stereocenters. The Morgan fingerprint density at radius 1 is 1.18 bits per heavy atom. The summed E-state index contributed by atoms with van der Waals surface area (Å²) < 4.78 is 27.3. The Bertz CT molecular complexity index is 1370. The fraction of sp³-hybridized carbons (Fsp3) is 0.458. The number of carbonyl (C=O) groups excluding carboxylic acids is 1. The van der Waals surface area contributed by atoms with E-state index in [2.05, 4.69) is 0 Å². The zero-order valence-electron chi connectivity index (χ0n) is 19.4. The number of nitrogens with zero attached hydrogens (tertiary/aromatic N) is 4. The van der Waals surface area contributed by atoms with Gasteiger partial charge in [0, 0.05) is 36.6 Å². The second-order valence-corrected chi connectivity index (χ2v) is 11.7. The molecule has 33 heavy (non-hydrogen) atoms. The molecule has 0 atom stereocenters. The summed E-state index contributed by atoms with van der Waals surface area (Å²) in [7, 11) is -3.53. The summed E-state index contributed by atoms with van der Waals surface area (Å²) in [6, 6.07) is 5.12. The fourth-order valence-electron chi connectivity index (χ4n) is 4.67. The molecule has 1 saturated carbocycles. The molecule has 7 nitrogen and oxygen atoms in total. The zero-order chi connectivity index (χ0) is 23.5. The number of thiophene rings is 1. The number of aryl methyl sites for hydroxylation is 2. The molecule has 1 aliphatic carbocycles. The van der Waals surface area contributed by atoms with E-state index >= 15 is 0 Å². The molecule has 2 aromatic heterocycles. The van der Waals surface area contributed by atoms with Crippen molar-refractivity contribution in [3.8, 4) is 0 Å². The van der Waals surface area contributed by atoms with Crippen LogP contribution in [0.4, 0.5) is 5.69 Å². The largest absolute Gasteiger partial charge is 0.307 e. The SMILES string of the molecule is CCN(CC)S(=O)(=O)c1ccc2c(c1)CCN2C(=O)c1sc2nc(C3CC3)nc(C)c2c1C. The van der Waals surface area contributed by atoms with E-state index < -0.39 is 10.0 Å². The third-order valence-electron chi connectivity index (χ3n) is 6.66. The van der Waals surface area contributed by atoms with Gasteiger partial charge in [0.05, 0.1) is 15.5 Å². The van der Waals surface area contributed by atoms with Crippen LogP contribution in [0.1, 0.15) is 64.9 Å². The molecule has 1 aromatic carbocycles. The molecule has 1 amide bonds. The van der Waals surface area contributed by atoms with Gasteiger partial charge in [-0.25, -0.2) is 18.4 Å². The van der Waals surface area contributed by atoms with Crippen molar-refractivity contribution < 1.29 is 13.2 Å². The highest BCUT2D eigenvalue weighted by Crippen LogP contribution is 2.41. The number of rotatable bonds is 6. The van der Waals surface area contributed by atoms with Crippen molar-refractivity contribution >= 4 is 43.2 Å². The standard InChI is InChI=1S/C24H28N4O3S2/c1-5-27(6-2)33(30,31)18-9-10-19-17(13-18)11-12-28(19)24(29)21-14(3)20-15(4)25-22(16-7-8-16)26-23(20)32-21/h9-10,13,16H,5-8,11-12H2,1-4H3. The lowest BCUT2D eigenvalue weighted by Gasteiger charge is -2.20. The second-order valence-electron chi connectivity index (χ2n) is 8.76. The summed E-state index contributed by atoms with van der Waals surface area (Å²) in [4.78, 5) is 26.7. The van der Waals surface area contributed by atoms with Gasteiger partial charge in [0.2, 0.25) is 10.0 Å². The number of aromatic nitrogens is 2. The predicted octanol–water partition coefficient (Wildman–Crippen LogP) is 4.42. The van der Waals surface area contributed by atoms with Crippen LogP contribution in [0.25, 0.3) is 10.2 Å². The molecule has 0 saturated heterocycles. The van der Waals surface area contributed by atoms with Gasteiger partial charge in [-0.2, -0.15) is 4.31 Å². The van der Waals surface area contributed by atoms with Gasteiger partial charge in [-0.1, -0.05) is 13.8 Å². The van der Waals surface area contributed by atoms with Gasteiger partial charge in [0.1, 0.15) is 10.7 Å². The van der Waals surface area contributed by atoms with E-state index in [4.69, 9.17) is 9.97 Å². The maximum Gasteiger partial charge on any atom is 0.268 e. The van der Waals surface area contributed by atoms with E-state index in [1.54, 1.807) is 23.1 Å². The van der Waals surface area contributed by atoms with Crippen molar-refractivity contribution in [1.29, 1.82) is 0 Å². The molecule has 1 aliphatic heterocycles. The first-order valence-corrected chi connectivity index (χ1v) is 13.7. The Morgan fingerprint density at radius 3 is 2.58 bits per heavy atom. The molecule has 0 spiro atoms. The smallest absolute Gasteiger partial charge is 0.268 e. The molecule has 0 N–H and O–H groups in total. The van der Waals surface area contributed by atoms with Crippen LogP contribution in [-0.4, -0.2) is 48.2 Å². The van der Waals surface area contributed by atoms with Crippen LogP contribution in [0.5, 0.6) is 0 Å². The van der Waals surface area contributed by atoms with E-state index in [0.29, 0.717) is 36.9 Å². The van der Waals surface area contributed by atoms with Crippen LogP contribution < -0.4 is 4.90 Å². The van der Waals surface area contributed by atoms with Gasteiger partial charge in [-0.15, -0.1) is 11.3 Å². The normalized spacial score (nSPS) is 16.1. The molecule has 0 radical (unpaired) electrons. The van der Waals surface area contributed by atoms with Crippen LogP contribution in [0.15, 0.2) is 23.1 Å². The molecule has 3 aromatic rings. The molecular formula is C24H28N4O3S2. The van der Waals surface area contributed by atoms with Crippen LogP contribution in [0.3, 0.4) is 0 Å². The zero-order valence-corrected chi connectivity index (χ0v) is 21.0. The van der Waals surface area contributed by atoms with E-state index in [1.165, 1.54) is 15.6 Å². The number of sulfonamides is 1. The number of hydrogen-bond donors (Lipinski definition) is 0. The van der Waals surface area contributed by atoms with E-state index in [1.807, 2.05) is 27.7 Å². The third-order valence-corrected chi connectivity index (χ3v) is 9.88. The molecule has 9 heteroatoms. The van der Waals surface area contributed by atoms with E-state index in [9.17, 15) is 13.2 Å². The third kappa shape index (κ3) is 3.66. The highest BCUT2D eigenvalue weighted by molar-refractivity contribution is 7.89. The Hall–Kier alpha value is -2.36. The summed E-state index contributed by atoms with van der Waals surface area (Å²) in [5, 5.41) is 0.979. The minimum atomic E-state index is -3.53. The minimum Gasteiger partial charge on any atom is -0.307 e. The summed E-state index contributed by atoms with van der Waals surface area (Å²) >= 11 is 1.44. The van der Waals surface area contributed by atoms with E-state index in [0.717, 1.165) is 51.4 Å². The second kappa shape index (κ2) is 8.14. The van der Waals surface area contributed by atoms with Crippen LogP contribution in [-0.2, 0) is 16.4 Å². The molecule has 0 bridgehead atoms. The number of fused-ring (bicyclic) bond motifs is 2. The molecule has 3 heterocycles. The number of anilines is 1. The topological polar surface area (TPSA) is 83.5 Å². The number of amides is 1. The van der Waals surface area contributed by atoms with Crippen molar-refractivity contribution in [3.63, 3.8) is 0 Å². The molecule has 2 aliphatic rings. The lowest BCUT2D eigenvalue weighted by molar-refractivity contribution is 0.0993.